The quantitative estimate of drug-likeness (QED) is 0.676. The fourth-order valence-electron chi connectivity index (χ4n) is 1.48. The maximum atomic E-state index is 5.74. The number of aryl methyl sites for hydroxylation is 1. The molecule has 4 heteroatoms. The molecule has 0 aliphatic rings. The Labute approximate surface area is 90.7 Å². The molecule has 0 N–H and O–H groups in total. The third-order valence-electron chi connectivity index (χ3n) is 2.10. The molecule has 0 radical (unpaired) electrons. The van der Waals surface area contributed by atoms with Gasteiger partial charge in [-0.3, -0.25) is 9.58 Å². The van der Waals surface area contributed by atoms with Gasteiger partial charge >= 0.3 is 0 Å². The molecule has 80 valence electrons. The summed E-state index contributed by atoms with van der Waals surface area (Å²) in [7, 11) is 1.94. The summed E-state index contributed by atoms with van der Waals surface area (Å²) in [6.45, 7) is 5.11. The van der Waals surface area contributed by atoms with Gasteiger partial charge in [-0.15, -0.1) is 11.6 Å². The molecule has 0 aliphatic carbocycles. The summed E-state index contributed by atoms with van der Waals surface area (Å²) < 4.78 is 1.83. The summed E-state index contributed by atoms with van der Waals surface area (Å²) in [5.41, 5.74) is 1.12. The maximum Gasteiger partial charge on any atom is 0.0764 e. The summed E-state index contributed by atoms with van der Waals surface area (Å²) in [6, 6.07) is 2.05. The number of aromatic nitrogens is 2. The van der Waals surface area contributed by atoms with Gasteiger partial charge in [0.2, 0.25) is 0 Å². The lowest BCUT2D eigenvalue weighted by Gasteiger charge is -2.18. The highest BCUT2D eigenvalue weighted by Gasteiger charge is 2.05. The fourth-order valence-corrected chi connectivity index (χ4v) is 1.72. The van der Waals surface area contributed by atoms with E-state index in [1.165, 1.54) is 0 Å². The number of hydrogen-bond donors (Lipinski definition) is 0. The second kappa shape index (κ2) is 6.04. The molecule has 0 spiro atoms. The Bertz CT molecular complexity index is 254. The molecule has 1 aromatic heterocycles. The first-order valence-corrected chi connectivity index (χ1v) is 5.56. The van der Waals surface area contributed by atoms with Gasteiger partial charge in [-0.05, 0) is 19.0 Å². The Morgan fingerprint density at radius 1 is 1.50 bits per heavy atom. The van der Waals surface area contributed by atoms with Gasteiger partial charge < -0.3 is 0 Å². The van der Waals surface area contributed by atoms with Crippen LogP contribution in [0, 0.1) is 0 Å². The van der Waals surface area contributed by atoms with E-state index in [0.717, 1.165) is 31.7 Å². The molecule has 0 fully saturated rings. The van der Waals surface area contributed by atoms with E-state index in [0.29, 0.717) is 5.88 Å². The predicted octanol–water partition coefficient (Wildman–Crippen LogP) is 1.87. The first kappa shape index (κ1) is 11.5. The Hall–Kier alpha value is -0.540. The van der Waals surface area contributed by atoms with E-state index in [2.05, 4.69) is 23.0 Å². The van der Waals surface area contributed by atoms with Crippen LogP contribution >= 0.6 is 11.6 Å². The van der Waals surface area contributed by atoms with Crippen molar-refractivity contribution in [3.05, 3.63) is 18.0 Å². The van der Waals surface area contributed by atoms with Crippen molar-refractivity contribution in [3.63, 3.8) is 0 Å². The van der Waals surface area contributed by atoms with Gasteiger partial charge in [-0.1, -0.05) is 6.92 Å². The van der Waals surface area contributed by atoms with Crippen molar-refractivity contribution in [1.29, 1.82) is 0 Å². The van der Waals surface area contributed by atoms with Gasteiger partial charge in [-0.25, -0.2) is 0 Å². The van der Waals surface area contributed by atoms with Crippen LogP contribution in [-0.4, -0.2) is 33.6 Å². The first-order chi connectivity index (χ1) is 6.76. The summed E-state index contributed by atoms with van der Waals surface area (Å²) in [5, 5.41) is 4.35. The van der Waals surface area contributed by atoms with E-state index in [4.69, 9.17) is 11.6 Å². The fraction of sp³-hybridized carbons (Fsp3) is 0.700. The van der Waals surface area contributed by atoms with E-state index < -0.39 is 0 Å². The van der Waals surface area contributed by atoms with Crippen molar-refractivity contribution in [2.75, 3.05) is 19.0 Å². The average Bonchev–Trinajstić information content (AvgIpc) is 2.52. The molecule has 1 rings (SSSR count). The molecule has 1 aromatic rings. The standard InChI is InChI=1S/C10H18ClN3/c1-3-6-14(8-5-11)9-10-4-7-13(2)12-10/h4,7H,3,5-6,8-9H2,1-2H3. The van der Waals surface area contributed by atoms with Gasteiger partial charge in [0.05, 0.1) is 5.69 Å². The Kier molecular flexibility index (Phi) is 4.98. The van der Waals surface area contributed by atoms with Crippen LogP contribution < -0.4 is 0 Å². The predicted molar refractivity (Wildman–Crippen MR) is 59.5 cm³/mol. The van der Waals surface area contributed by atoms with Crippen LogP contribution in [0.15, 0.2) is 12.3 Å². The summed E-state index contributed by atoms with van der Waals surface area (Å²) in [6.07, 6.45) is 3.13. The van der Waals surface area contributed by atoms with Crippen LogP contribution in [0.5, 0.6) is 0 Å². The van der Waals surface area contributed by atoms with Gasteiger partial charge in [0.1, 0.15) is 0 Å². The highest BCUT2D eigenvalue weighted by Crippen LogP contribution is 2.02. The smallest absolute Gasteiger partial charge is 0.0764 e. The minimum atomic E-state index is 0.687. The molecular weight excluding hydrogens is 198 g/mol. The Morgan fingerprint density at radius 2 is 2.29 bits per heavy atom. The van der Waals surface area contributed by atoms with E-state index in [-0.39, 0.29) is 0 Å². The number of nitrogens with zero attached hydrogens (tertiary/aromatic N) is 3. The lowest BCUT2D eigenvalue weighted by Crippen LogP contribution is -2.26. The lowest BCUT2D eigenvalue weighted by molar-refractivity contribution is 0.278. The van der Waals surface area contributed by atoms with E-state index in [1.807, 2.05) is 17.9 Å². The molecule has 3 nitrogen and oxygen atoms in total. The number of hydrogen-bond acceptors (Lipinski definition) is 2. The van der Waals surface area contributed by atoms with Crippen molar-refractivity contribution in [1.82, 2.24) is 14.7 Å². The SMILES string of the molecule is CCCN(CCCl)Cc1ccn(C)n1. The molecule has 0 atom stereocenters. The minimum absolute atomic E-state index is 0.687. The van der Waals surface area contributed by atoms with E-state index in [9.17, 15) is 0 Å². The maximum absolute atomic E-state index is 5.74. The van der Waals surface area contributed by atoms with Crippen LogP contribution in [0.2, 0.25) is 0 Å². The average molecular weight is 216 g/mol. The number of rotatable bonds is 6. The van der Waals surface area contributed by atoms with Gasteiger partial charge in [0, 0.05) is 32.2 Å². The van der Waals surface area contributed by atoms with Crippen LogP contribution in [0.25, 0.3) is 0 Å². The number of alkyl halides is 1. The van der Waals surface area contributed by atoms with Crippen molar-refractivity contribution in [2.24, 2.45) is 7.05 Å². The zero-order valence-electron chi connectivity index (χ0n) is 8.91. The third kappa shape index (κ3) is 3.68. The van der Waals surface area contributed by atoms with Crippen LogP contribution in [0.1, 0.15) is 19.0 Å². The molecule has 0 saturated heterocycles. The summed E-state index contributed by atoms with van der Waals surface area (Å²) >= 11 is 5.74. The lowest BCUT2D eigenvalue weighted by atomic mass is 10.3. The monoisotopic (exact) mass is 215 g/mol. The largest absolute Gasteiger partial charge is 0.296 e. The second-order valence-electron chi connectivity index (χ2n) is 3.45. The van der Waals surface area contributed by atoms with Crippen molar-refractivity contribution in [3.8, 4) is 0 Å². The van der Waals surface area contributed by atoms with Gasteiger partial charge in [0.25, 0.3) is 0 Å². The first-order valence-electron chi connectivity index (χ1n) is 5.03. The Morgan fingerprint density at radius 3 is 2.79 bits per heavy atom. The van der Waals surface area contributed by atoms with Crippen molar-refractivity contribution in [2.45, 2.75) is 19.9 Å². The molecular formula is C10H18ClN3. The van der Waals surface area contributed by atoms with Crippen molar-refractivity contribution < 1.29 is 0 Å². The number of halogens is 1. The van der Waals surface area contributed by atoms with Gasteiger partial charge in [-0.2, -0.15) is 5.10 Å². The summed E-state index contributed by atoms with van der Waals surface area (Å²) in [5.74, 6) is 0.687. The topological polar surface area (TPSA) is 21.1 Å². The van der Waals surface area contributed by atoms with Crippen LogP contribution in [0.3, 0.4) is 0 Å². The molecule has 0 bridgehead atoms. The molecule has 14 heavy (non-hydrogen) atoms. The molecule has 0 saturated carbocycles. The third-order valence-corrected chi connectivity index (χ3v) is 2.26. The summed E-state index contributed by atoms with van der Waals surface area (Å²) in [4.78, 5) is 2.33. The zero-order valence-corrected chi connectivity index (χ0v) is 9.67. The molecule has 0 unspecified atom stereocenters. The highest BCUT2D eigenvalue weighted by molar-refractivity contribution is 6.18. The second-order valence-corrected chi connectivity index (χ2v) is 3.82. The molecule has 1 heterocycles. The normalized spacial score (nSPS) is 11.1. The highest BCUT2D eigenvalue weighted by atomic mass is 35.5. The molecule has 0 aromatic carbocycles. The molecule has 0 aliphatic heterocycles. The van der Waals surface area contributed by atoms with Crippen molar-refractivity contribution >= 4 is 11.6 Å². The van der Waals surface area contributed by atoms with Crippen LogP contribution in [0.4, 0.5) is 0 Å². The van der Waals surface area contributed by atoms with E-state index in [1.54, 1.807) is 0 Å². The molecule has 0 amide bonds. The van der Waals surface area contributed by atoms with E-state index >= 15 is 0 Å². The van der Waals surface area contributed by atoms with Crippen LogP contribution in [-0.2, 0) is 13.6 Å². The zero-order chi connectivity index (χ0) is 10.4. The minimum Gasteiger partial charge on any atom is -0.296 e. The van der Waals surface area contributed by atoms with Gasteiger partial charge in [0.15, 0.2) is 0 Å². The Balaban J connectivity index is 2.46.